The van der Waals surface area contributed by atoms with Gasteiger partial charge in [-0.05, 0) is 35.8 Å². The number of rotatable bonds is 2. The standard InChI is InChI=1S/C30H19NO/c1-4-16-27-23(11-1)24-12-2-5-17-28(24)31(27)21-10-7-9-20(19-21)22-14-8-15-26-25-13-3-6-18-29(25)32-30(22)26/h1-19H/i1D,2D,3D,4D,5D,6D,7D,8D,9D,10D,11D,12D,13D,14D,15D,16D,17D,18D,19D. The molecule has 0 spiro atoms. The Bertz CT molecular complexity index is 2720. The Hall–Kier alpha value is -4.30. The van der Waals surface area contributed by atoms with Crippen molar-refractivity contribution in [2.24, 2.45) is 0 Å². The summed E-state index contributed by atoms with van der Waals surface area (Å²) in [6, 6.07) is -14.4. The second-order valence-corrected chi connectivity index (χ2v) is 6.77. The van der Waals surface area contributed by atoms with E-state index in [4.69, 9.17) is 29.1 Å². The van der Waals surface area contributed by atoms with E-state index in [9.17, 15) is 1.37 Å². The van der Waals surface area contributed by atoms with Crippen molar-refractivity contribution in [1.29, 1.82) is 0 Å². The molecule has 0 aliphatic rings. The number of hydrogen-bond donors (Lipinski definition) is 0. The molecule has 0 atom stereocenters. The molecule has 7 aromatic rings. The van der Waals surface area contributed by atoms with Gasteiger partial charge in [-0.15, -0.1) is 0 Å². The number of aromatic nitrogens is 1. The van der Waals surface area contributed by atoms with E-state index in [1.807, 2.05) is 0 Å². The van der Waals surface area contributed by atoms with Crippen LogP contribution in [0.5, 0.6) is 0 Å². The molecular weight excluding hydrogens is 390 g/mol. The Morgan fingerprint density at radius 3 is 1.97 bits per heavy atom. The van der Waals surface area contributed by atoms with E-state index in [-0.39, 0.29) is 21.5 Å². The fraction of sp³-hybridized carbons (Fsp3) is 0. The Morgan fingerprint density at radius 2 is 1.19 bits per heavy atom. The van der Waals surface area contributed by atoms with Gasteiger partial charge in [0.05, 0.1) is 37.1 Å². The zero-order chi connectivity index (χ0) is 37.6. The highest BCUT2D eigenvalue weighted by atomic mass is 16.3. The SMILES string of the molecule is [2H]c1c([2H])c(-c2c([2H])c([2H])c([2H])c3c2oc2c([2H])c([2H])c([2H])c([2H])c23)c([2H])c(-n2c3c([2H])c([2H])c([2H])c([2H])c3c3c([2H])c([2H])c([2H])c([2H])c32)c1[2H]. The van der Waals surface area contributed by atoms with Gasteiger partial charge in [0.1, 0.15) is 11.2 Å². The van der Waals surface area contributed by atoms with Crippen molar-refractivity contribution in [3.8, 4) is 16.8 Å². The van der Waals surface area contributed by atoms with Crippen LogP contribution in [0.3, 0.4) is 0 Å². The molecule has 0 aliphatic carbocycles. The third kappa shape index (κ3) is 2.41. The summed E-state index contributed by atoms with van der Waals surface area (Å²) in [5, 5.41) is -1.41. The molecule has 2 nitrogen and oxygen atoms in total. The van der Waals surface area contributed by atoms with Crippen LogP contribution in [0.15, 0.2) is 119 Å². The molecule has 0 saturated heterocycles. The van der Waals surface area contributed by atoms with Crippen molar-refractivity contribution in [3.05, 3.63) is 115 Å². The molecule has 7 rings (SSSR count). The molecule has 0 bridgehead atoms. The van der Waals surface area contributed by atoms with Crippen LogP contribution in [0.1, 0.15) is 26.0 Å². The van der Waals surface area contributed by atoms with Crippen LogP contribution in [-0.2, 0) is 0 Å². The predicted molar refractivity (Wildman–Crippen MR) is 133 cm³/mol. The predicted octanol–water partition coefficient (Wildman–Crippen LogP) is 8.35. The van der Waals surface area contributed by atoms with Gasteiger partial charge in [-0.25, -0.2) is 0 Å². The van der Waals surface area contributed by atoms with Gasteiger partial charge in [-0.2, -0.15) is 0 Å². The van der Waals surface area contributed by atoms with Crippen LogP contribution >= 0.6 is 0 Å². The van der Waals surface area contributed by atoms with Crippen LogP contribution in [-0.4, -0.2) is 4.57 Å². The quantitative estimate of drug-likeness (QED) is 0.270. The molecule has 2 heteroatoms. The summed E-state index contributed by atoms with van der Waals surface area (Å²) in [7, 11) is 0. The van der Waals surface area contributed by atoms with E-state index >= 15 is 0 Å². The number of nitrogens with zero attached hydrogens (tertiary/aromatic N) is 1. The monoisotopic (exact) mass is 428 g/mol. The minimum Gasteiger partial charge on any atom is -0.455 e. The van der Waals surface area contributed by atoms with Crippen LogP contribution in [0.4, 0.5) is 0 Å². The highest BCUT2D eigenvalue weighted by Gasteiger charge is 2.14. The molecule has 0 amide bonds. The van der Waals surface area contributed by atoms with Gasteiger partial charge in [0.2, 0.25) is 0 Å². The topological polar surface area (TPSA) is 18.1 Å². The maximum absolute atomic E-state index is 9.42. The Kier molecular flexibility index (Phi) is 1.47. The molecule has 32 heavy (non-hydrogen) atoms. The molecule has 0 aliphatic heterocycles. The molecule has 2 heterocycles. The van der Waals surface area contributed by atoms with Gasteiger partial charge in [-0.3, -0.25) is 0 Å². The maximum atomic E-state index is 9.42. The van der Waals surface area contributed by atoms with Crippen LogP contribution < -0.4 is 0 Å². The van der Waals surface area contributed by atoms with Gasteiger partial charge < -0.3 is 8.98 Å². The lowest BCUT2D eigenvalue weighted by Crippen LogP contribution is -1.94. The molecule has 0 saturated carbocycles. The molecule has 0 N–H and O–H groups in total. The third-order valence-corrected chi connectivity index (χ3v) is 5.05. The number of hydrogen-bond acceptors (Lipinski definition) is 1. The first-order chi connectivity index (χ1) is 23.8. The van der Waals surface area contributed by atoms with E-state index in [2.05, 4.69) is 0 Å². The summed E-state index contributed by atoms with van der Waals surface area (Å²) in [5.41, 5.74) is -3.80. The largest absolute Gasteiger partial charge is 0.455 e. The van der Waals surface area contributed by atoms with Gasteiger partial charge in [-0.1, -0.05) is 84.6 Å². The Balaban J connectivity index is 1.77. The van der Waals surface area contributed by atoms with Gasteiger partial charge in [0.15, 0.2) is 0 Å². The van der Waals surface area contributed by atoms with Crippen molar-refractivity contribution >= 4 is 43.7 Å². The van der Waals surface area contributed by atoms with Crippen molar-refractivity contribution < 1.29 is 30.5 Å². The zero-order valence-electron chi connectivity index (χ0n) is 34.9. The molecule has 5 aromatic carbocycles. The lowest BCUT2D eigenvalue weighted by atomic mass is 10.0. The highest BCUT2D eigenvalue weighted by Crippen LogP contribution is 2.37. The van der Waals surface area contributed by atoms with E-state index in [0.29, 0.717) is 0 Å². The van der Waals surface area contributed by atoms with E-state index in [0.717, 1.165) is 4.57 Å². The lowest BCUT2D eigenvalue weighted by molar-refractivity contribution is 0.670. The average Bonchev–Trinajstić information content (AvgIpc) is 3.67. The van der Waals surface area contributed by atoms with Gasteiger partial charge in [0, 0.05) is 32.8 Å². The van der Waals surface area contributed by atoms with Crippen LogP contribution in [0, 0.1) is 0 Å². The minimum absolute atomic E-state index is 0.313. The van der Waals surface area contributed by atoms with E-state index in [1.165, 1.54) is 0 Å². The van der Waals surface area contributed by atoms with Crippen molar-refractivity contribution in [2.75, 3.05) is 0 Å². The highest BCUT2D eigenvalue weighted by molar-refractivity contribution is 6.10. The normalized spacial score (nSPS) is 20.1. The second kappa shape index (κ2) is 6.60. The fourth-order valence-electron chi connectivity index (χ4n) is 3.72. The number of para-hydroxylation sites is 4. The molecule has 2 aromatic heterocycles. The number of furan rings is 1. The zero-order valence-corrected chi connectivity index (χ0v) is 15.9. The van der Waals surface area contributed by atoms with Crippen LogP contribution in [0.2, 0.25) is 0 Å². The Morgan fingerprint density at radius 1 is 0.562 bits per heavy atom. The van der Waals surface area contributed by atoms with Crippen molar-refractivity contribution in [2.45, 2.75) is 0 Å². The van der Waals surface area contributed by atoms with Gasteiger partial charge >= 0.3 is 0 Å². The van der Waals surface area contributed by atoms with Crippen LogP contribution in [0.25, 0.3) is 60.6 Å². The van der Waals surface area contributed by atoms with Gasteiger partial charge in [0.25, 0.3) is 0 Å². The first-order valence-electron chi connectivity index (χ1n) is 18.8. The first-order valence-corrected chi connectivity index (χ1v) is 9.33. The smallest absolute Gasteiger partial charge is 0.143 e. The van der Waals surface area contributed by atoms with E-state index < -0.39 is 154 Å². The van der Waals surface area contributed by atoms with Crippen molar-refractivity contribution in [3.63, 3.8) is 0 Å². The molecule has 0 radical (unpaired) electrons. The summed E-state index contributed by atoms with van der Waals surface area (Å²) >= 11 is 0. The van der Waals surface area contributed by atoms with Crippen molar-refractivity contribution in [1.82, 2.24) is 4.57 Å². The molecule has 0 fully saturated rings. The van der Waals surface area contributed by atoms with E-state index in [1.54, 1.807) is 0 Å². The maximum Gasteiger partial charge on any atom is 0.143 e. The lowest BCUT2D eigenvalue weighted by Gasteiger charge is -2.10. The number of benzene rings is 5. The minimum atomic E-state index is -0.901. The second-order valence-electron chi connectivity index (χ2n) is 6.77. The summed E-state index contributed by atoms with van der Waals surface area (Å²) in [5.74, 6) is 0. The summed E-state index contributed by atoms with van der Waals surface area (Å²) in [6.07, 6.45) is 0. The molecular formula is C30H19NO. The first kappa shape index (κ1) is 7.11. The third-order valence-electron chi connectivity index (χ3n) is 5.05. The average molecular weight is 429 g/mol. The summed E-state index contributed by atoms with van der Waals surface area (Å²) < 4.78 is 170. The number of fused-ring (bicyclic) bond motifs is 6. The fourth-order valence-corrected chi connectivity index (χ4v) is 3.72. The molecule has 0 unspecified atom stereocenters. The Labute approximate surface area is 211 Å². The summed E-state index contributed by atoms with van der Waals surface area (Å²) in [6.45, 7) is 0. The molecule has 150 valence electrons. The summed E-state index contributed by atoms with van der Waals surface area (Å²) in [4.78, 5) is 0.